The van der Waals surface area contributed by atoms with Crippen LogP contribution in [0.3, 0.4) is 0 Å². The molecule has 0 bridgehead atoms. The van der Waals surface area contributed by atoms with Crippen LogP contribution in [-0.4, -0.2) is 24.2 Å². The van der Waals surface area contributed by atoms with E-state index in [1.54, 1.807) is 0 Å². The Morgan fingerprint density at radius 1 is 1.50 bits per heavy atom. The van der Waals surface area contributed by atoms with Crippen molar-refractivity contribution in [2.24, 2.45) is 5.73 Å². The van der Waals surface area contributed by atoms with Crippen LogP contribution in [-0.2, 0) is 9.53 Å². The topological polar surface area (TPSA) is 102 Å². The van der Waals surface area contributed by atoms with Gasteiger partial charge in [-0.1, -0.05) is 0 Å². The first-order chi connectivity index (χ1) is 6.51. The van der Waals surface area contributed by atoms with Crippen LogP contribution in [0.5, 0.6) is 0 Å². The number of nitrogens with two attached hydrogens (primary N) is 1. The molecule has 14 heavy (non-hydrogen) atoms. The summed E-state index contributed by atoms with van der Waals surface area (Å²) in [5, 5.41) is 10.8. The normalized spacial score (nSPS) is 12.1. The summed E-state index contributed by atoms with van der Waals surface area (Å²) < 4.78 is 4.28. The maximum absolute atomic E-state index is 10.7. The molecule has 2 amide bonds. The van der Waals surface area contributed by atoms with Crippen molar-refractivity contribution < 1.29 is 19.4 Å². The molecular formula is C8H12N2O4. The molecule has 0 saturated heterocycles. The fraction of sp³-hybridized carbons (Fsp3) is 0.250. The number of hydrogen-bond acceptors (Lipinski definition) is 4. The maximum atomic E-state index is 10.7. The highest BCUT2D eigenvalue weighted by Gasteiger charge is 2.03. The number of alkyl carbamates (subject to hydrolysis) is 1. The number of rotatable bonds is 3. The Bertz CT molecular complexity index is 294. The number of carbonyl (C=O) groups is 2. The van der Waals surface area contributed by atoms with Crippen LogP contribution in [0.25, 0.3) is 0 Å². The van der Waals surface area contributed by atoms with Crippen LogP contribution in [0.15, 0.2) is 23.6 Å². The summed E-state index contributed by atoms with van der Waals surface area (Å²) in [7, 11) is 1.18. The zero-order valence-corrected chi connectivity index (χ0v) is 7.90. The third-order valence-electron chi connectivity index (χ3n) is 1.33. The molecule has 0 unspecified atom stereocenters. The zero-order valence-electron chi connectivity index (χ0n) is 7.90. The van der Waals surface area contributed by atoms with Crippen LogP contribution in [0.1, 0.15) is 6.92 Å². The molecule has 0 saturated carbocycles. The number of aliphatic hydroxyl groups is 1. The standard InChI is InChI=1S/C8H12N2O4/c1-5(7(9)12)3-6(4-11)10-8(13)14-2/h3-4,11H,1-2H3,(H2,9,12)(H,10,13)/b5-3+,6-4+. The average molecular weight is 200 g/mol. The molecule has 0 aliphatic heterocycles. The highest BCUT2D eigenvalue weighted by molar-refractivity contribution is 5.91. The number of primary amides is 1. The van der Waals surface area contributed by atoms with Gasteiger partial charge in [-0.25, -0.2) is 4.79 Å². The molecule has 6 nitrogen and oxygen atoms in total. The SMILES string of the molecule is COC(=O)NC(=C/O)/C=C(\C)C(N)=O. The minimum atomic E-state index is -0.751. The summed E-state index contributed by atoms with van der Waals surface area (Å²) in [6.07, 6.45) is 1.10. The predicted molar refractivity (Wildman–Crippen MR) is 49.2 cm³/mol. The van der Waals surface area contributed by atoms with Gasteiger partial charge in [0, 0.05) is 5.57 Å². The first kappa shape index (κ1) is 12.0. The first-order valence-corrected chi connectivity index (χ1v) is 3.68. The van der Waals surface area contributed by atoms with Crippen molar-refractivity contribution in [3.63, 3.8) is 0 Å². The zero-order chi connectivity index (χ0) is 11.1. The van der Waals surface area contributed by atoms with E-state index in [9.17, 15) is 9.59 Å². The van der Waals surface area contributed by atoms with Crippen LogP contribution in [0.4, 0.5) is 4.79 Å². The van der Waals surface area contributed by atoms with Gasteiger partial charge in [-0.2, -0.15) is 0 Å². The Balaban J connectivity index is 4.54. The van der Waals surface area contributed by atoms with Gasteiger partial charge in [0.15, 0.2) is 0 Å². The number of hydrogen-bond donors (Lipinski definition) is 3. The van der Waals surface area contributed by atoms with Gasteiger partial charge in [0.05, 0.1) is 12.8 Å². The van der Waals surface area contributed by atoms with Crippen molar-refractivity contribution in [2.45, 2.75) is 6.92 Å². The lowest BCUT2D eigenvalue weighted by Gasteiger charge is -2.03. The lowest BCUT2D eigenvalue weighted by molar-refractivity contribution is -0.114. The number of amides is 2. The molecule has 0 aliphatic carbocycles. The van der Waals surface area contributed by atoms with Crippen molar-refractivity contribution in [1.82, 2.24) is 5.32 Å². The summed E-state index contributed by atoms with van der Waals surface area (Å²) in [6.45, 7) is 1.45. The van der Waals surface area contributed by atoms with Gasteiger partial charge in [-0.15, -0.1) is 0 Å². The van der Waals surface area contributed by atoms with E-state index < -0.39 is 12.0 Å². The predicted octanol–water partition coefficient (Wildman–Crippen LogP) is 0.173. The second-order valence-electron chi connectivity index (χ2n) is 2.39. The van der Waals surface area contributed by atoms with Gasteiger partial charge < -0.3 is 15.6 Å². The Morgan fingerprint density at radius 2 is 2.07 bits per heavy atom. The van der Waals surface area contributed by atoms with E-state index in [4.69, 9.17) is 10.8 Å². The van der Waals surface area contributed by atoms with Gasteiger partial charge in [0.2, 0.25) is 5.91 Å². The summed E-state index contributed by atoms with van der Waals surface area (Å²) in [6, 6.07) is 0. The molecule has 0 aromatic carbocycles. The largest absolute Gasteiger partial charge is 0.513 e. The number of methoxy groups -OCH3 is 1. The van der Waals surface area contributed by atoms with Gasteiger partial charge in [-0.05, 0) is 13.0 Å². The number of allylic oxidation sites excluding steroid dienone is 1. The Kier molecular flexibility index (Phi) is 4.83. The fourth-order valence-electron chi connectivity index (χ4n) is 0.579. The Hall–Kier alpha value is -1.98. The molecule has 6 heteroatoms. The minimum Gasteiger partial charge on any atom is -0.513 e. The van der Waals surface area contributed by atoms with E-state index in [1.165, 1.54) is 20.1 Å². The van der Waals surface area contributed by atoms with E-state index in [2.05, 4.69) is 10.1 Å². The molecule has 0 radical (unpaired) electrons. The second-order valence-corrected chi connectivity index (χ2v) is 2.39. The Labute approximate surface area is 81.0 Å². The molecule has 0 aliphatic rings. The molecule has 0 aromatic rings. The number of ether oxygens (including phenoxy) is 1. The van der Waals surface area contributed by atoms with E-state index in [0.717, 1.165) is 0 Å². The van der Waals surface area contributed by atoms with Crippen molar-refractivity contribution >= 4 is 12.0 Å². The van der Waals surface area contributed by atoms with Gasteiger partial charge in [0.1, 0.15) is 6.26 Å². The van der Waals surface area contributed by atoms with Crippen LogP contribution < -0.4 is 11.1 Å². The summed E-state index contributed by atoms with van der Waals surface area (Å²) in [4.78, 5) is 21.3. The third-order valence-corrected chi connectivity index (χ3v) is 1.33. The smallest absolute Gasteiger partial charge is 0.411 e. The second kappa shape index (κ2) is 5.63. The number of carbonyl (C=O) groups excluding carboxylic acids is 2. The number of aliphatic hydroxyl groups excluding tert-OH is 1. The monoisotopic (exact) mass is 200 g/mol. The maximum Gasteiger partial charge on any atom is 0.411 e. The first-order valence-electron chi connectivity index (χ1n) is 3.68. The molecule has 78 valence electrons. The minimum absolute atomic E-state index is 0.0214. The summed E-state index contributed by atoms with van der Waals surface area (Å²) in [5.74, 6) is -0.643. The molecule has 0 spiro atoms. The Morgan fingerprint density at radius 3 is 2.43 bits per heavy atom. The molecule has 0 atom stereocenters. The molecule has 0 heterocycles. The molecule has 0 aromatic heterocycles. The highest BCUT2D eigenvalue weighted by Crippen LogP contribution is 1.98. The summed E-state index contributed by atoms with van der Waals surface area (Å²) in [5.41, 5.74) is 5.16. The van der Waals surface area contributed by atoms with Gasteiger partial charge in [-0.3, -0.25) is 10.1 Å². The van der Waals surface area contributed by atoms with Crippen molar-refractivity contribution in [3.05, 3.63) is 23.6 Å². The fourth-order valence-corrected chi connectivity index (χ4v) is 0.579. The van der Waals surface area contributed by atoms with Crippen LogP contribution in [0, 0.1) is 0 Å². The van der Waals surface area contributed by atoms with E-state index in [1.807, 2.05) is 0 Å². The van der Waals surface area contributed by atoms with E-state index in [0.29, 0.717) is 6.26 Å². The van der Waals surface area contributed by atoms with E-state index >= 15 is 0 Å². The van der Waals surface area contributed by atoms with Crippen LogP contribution in [0.2, 0.25) is 0 Å². The third kappa shape index (κ3) is 4.15. The lowest BCUT2D eigenvalue weighted by atomic mass is 10.2. The van der Waals surface area contributed by atoms with E-state index in [-0.39, 0.29) is 11.3 Å². The quantitative estimate of drug-likeness (QED) is 0.343. The van der Waals surface area contributed by atoms with Gasteiger partial charge in [0.25, 0.3) is 0 Å². The van der Waals surface area contributed by atoms with Crippen molar-refractivity contribution in [3.8, 4) is 0 Å². The molecule has 0 fully saturated rings. The van der Waals surface area contributed by atoms with Crippen LogP contribution >= 0.6 is 0 Å². The molecule has 4 N–H and O–H groups in total. The summed E-state index contributed by atoms with van der Waals surface area (Å²) >= 11 is 0. The average Bonchev–Trinajstić information content (AvgIpc) is 2.16. The van der Waals surface area contributed by atoms with Gasteiger partial charge >= 0.3 is 6.09 Å². The molecule has 0 rings (SSSR count). The number of nitrogens with one attached hydrogen (secondary N) is 1. The lowest BCUT2D eigenvalue weighted by Crippen LogP contribution is -2.22. The van der Waals surface area contributed by atoms with Crippen molar-refractivity contribution in [2.75, 3.05) is 7.11 Å². The van der Waals surface area contributed by atoms with Crippen molar-refractivity contribution in [1.29, 1.82) is 0 Å². The molecular weight excluding hydrogens is 188 g/mol. The highest BCUT2D eigenvalue weighted by atomic mass is 16.5.